The van der Waals surface area contributed by atoms with Crippen molar-refractivity contribution in [2.45, 2.75) is 60.3 Å². The third kappa shape index (κ3) is 2.36. The van der Waals surface area contributed by atoms with Gasteiger partial charge in [-0.1, -0.05) is 89.3 Å². The normalized spacial score (nSPS) is 28.1. The minimum Gasteiger partial charge on any atom is -0.0908 e. The van der Waals surface area contributed by atoms with Crippen molar-refractivity contribution in [2.24, 2.45) is 17.3 Å². The zero-order chi connectivity index (χ0) is 20.3. The van der Waals surface area contributed by atoms with Gasteiger partial charge in [-0.15, -0.1) is 0 Å². The van der Waals surface area contributed by atoms with Crippen LogP contribution in [0.5, 0.6) is 0 Å². The van der Waals surface area contributed by atoms with E-state index in [1.54, 1.807) is 16.7 Å². The fourth-order valence-corrected chi connectivity index (χ4v) is 6.28. The van der Waals surface area contributed by atoms with Crippen molar-refractivity contribution < 1.29 is 0 Å². The van der Waals surface area contributed by atoms with Gasteiger partial charge in [0.05, 0.1) is 0 Å². The molecule has 3 aliphatic rings. The molecule has 2 unspecified atom stereocenters. The second-order valence-corrected chi connectivity index (χ2v) is 9.64. The SMILES string of the molecule is CC=CC1(C)C(C(C)C)=C2C3=C(C=CCC31)C(C)(C)c1cccc(/C=C\C)c12. The van der Waals surface area contributed by atoms with Crippen LogP contribution in [0.4, 0.5) is 0 Å². The highest BCUT2D eigenvalue weighted by molar-refractivity contribution is 5.96. The Morgan fingerprint density at radius 3 is 2.46 bits per heavy atom. The number of hydrogen-bond donors (Lipinski definition) is 0. The molecule has 4 rings (SSSR count). The molecule has 0 spiro atoms. The maximum atomic E-state index is 2.48. The molecule has 0 heterocycles. The highest BCUT2D eigenvalue weighted by atomic mass is 14.6. The van der Waals surface area contributed by atoms with Gasteiger partial charge in [0, 0.05) is 16.7 Å². The lowest BCUT2D eigenvalue weighted by Gasteiger charge is -2.41. The molecule has 3 aliphatic carbocycles. The van der Waals surface area contributed by atoms with E-state index in [0.29, 0.717) is 11.8 Å². The Bertz CT molecular complexity index is 971. The molecule has 2 atom stereocenters. The van der Waals surface area contributed by atoms with Gasteiger partial charge in [-0.2, -0.15) is 0 Å². The summed E-state index contributed by atoms with van der Waals surface area (Å²) in [5.41, 5.74) is 10.8. The van der Waals surface area contributed by atoms with Crippen molar-refractivity contribution >= 4 is 11.6 Å². The number of rotatable bonds is 3. The minimum atomic E-state index is 0.0319. The maximum absolute atomic E-state index is 2.48. The number of allylic oxidation sites excluding steroid dienone is 9. The Morgan fingerprint density at radius 2 is 1.82 bits per heavy atom. The Balaban J connectivity index is 2.21. The molecule has 0 saturated heterocycles. The second kappa shape index (κ2) is 6.48. The van der Waals surface area contributed by atoms with Crippen LogP contribution in [0.3, 0.4) is 0 Å². The van der Waals surface area contributed by atoms with Gasteiger partial charge in [-0.3, -0.25) is 0 Å². The summed E-state index contributed by atoms with van der Waals surface area (Å²) in [6.07, 6.45) is 15.2. The summed E-state index contributed by atoms with van der Waals surface area (Å²) in [6, 6.07) is 6.89. The molecule has 0 aromatic heterocycles. The van der Waals surface area contributed by atoms with Crippen LogP contribution >= 0.6 is 0 Å². The van der Waals surface area contributed by atoms with Crippen LogP contribution in [0, 0.1) is 17.3 Å². The molecule has 0 amide bonds. The lowest BCUT2D eigenvalue weighted by atomic mass is 9.62. The van der Waals surface area contributed by atoms with E-state index in [2.05, 4.69) is 103 Å². The van der Waals surface area contributed by atoms with E-state index in [0.717, 1.165) is 6.42 Å². The first-order chi connectivity index (χ1) is 13.3. The summed E-state index contributed by atoms with van der Waals surface area (Å²) in [6.45, 7) is 16.4. The van der Waals surface area contributed by atoms with E-state index < -0.39 is 0 Å². The van der Waals surface area contributed by atoms with Gasteiger partial charge < -0.3 is 0 Å². The molecule has 0 aliphatic heterocycles. The standard InChI is InChI=1S/C28H34/c1-8-12-19-13-10-14-20-23(19)25-24-21(27(20,5)6)15-11-16-22(24)28(7,17-9-2)26(25)18(3)4/h8-15,17-18,22H,16H2,1-7H3/b12-8-,17-9?. The van der Waals surface area contributed by atoms with E-state index in [-0.39, 0.29) is 10.8 Å². The van der Waals surface area contributed by atoms with Gasteiger partial charge in [0.25, 0.3) is 0 Å². The van der Waals surface area contributed by atoms with E-state index in [1.165, 1.54) is 22.3 Å². The lowest BCUT2D eigenvalue weighted by molar-refractivity contribution is 0.350. The first-order valence-corrected chi connectivity index (χ1v) is 10.9. The van der Waals surface area contributed by atoms with E-state index >= 15 is 0 Å². The largest absolute Gasteiger partial charge is 0.0908 e. The van der Waals surface area contributed by atoms with Crippen LogP contribution in [-0.2, 0) is 5.41 Å². The van der Waals surface area contributed by atoms with E-state index in [9.17, 15) is 0 Å². The zero-order valence-electron chi connectivity index (χ0n) is 18.6. The van der Waals surface area contributed by atoms with Crippen LogP contribution in [0.25, 0.3) is 11.6 Å². The van der Waals surface area contributed by atoms with Gasteiger partial charge in [-0.25, -0.2) is 0 Å². The van der Waals surface area contributed by atoms with Gasteiger partial charge in [-0.05, 0) is 65.2 Å². The Morgan fingerprint density at radius 1 is 1.07 bits per heavy atom. The monoisotopic (exact) mass is 370 g/mol. The number of benzene rings is 1. The molecule has 0 fully saturated rings. The van der Waals surface area contributed by atoms with Crippen molar-refractivity contribution in [2.75, 3.05) is 0 Å². The maximum Gasteiger partial charge on any atom is 0.0155 e. The summed E-state index contributed by atoms with van der Waals surface area (Å²) in [7, 11) is 0. The minimum absolute atomic E-state index is 0.0319. The van der Waals surface area contributed by atoms with Crippen molar-refractivity contribution in [1.82, 2.24) is 0 Å². The summed E-state index contributed by atoms with van der Waals surface area (Å²) < 4.78 is 0. The summed E-state index contributed by atoms with van der Waals surface area (Å²) >= 11 is 0. The average Bonchev–Trinajstić information content (AvgIpc) is 2.90. The van der Waals surface area contributed by atoms with Gasteiger partial charge in [0.2, 0.25) is 0 Å². The number of fused-ring (bicyclic) bond motifs is 2. The van der Waals surface area contributed by atoms with Crippen LogP contribution in [-0.4, -0.2) is 0 Å². The summed E-state index contributed by atoms with van der Waals surface area (Å²) in [4.78, 5) is 0. The molecular weight excluding hydrogens is 336 g/mol. The summed E-state index contributed by atoms with van der Waals surface area (Å²) in [5.74, 6) is 1.06. The molecule has 0 saturated carbocycles. The molecule has 1 aromatic rings. The number of hydrogen-bond acceptors (Lipinski definition) is 0. The zero-order valence-corrected chi connectivity index (χ0v) is 18.6. The average molecular weight is 371 g/mol. The molecular formula is C28H34. The Labute approximate surface area is 171 Å². The molecule has 0 radical (unpaired) electrons. The lowest BCUT2D eigenvalue weighted by Crippen LogP contribution is -2.31. The second-order valence-electron chi connectivity index (χ2n) is 9.64. The highest BCUT2D eigenvalue weighted by Crippen LogP contribution is 2.65. The molecule has 28 heavy (non-hydrogen) atoms. The van der Waals surface area contributed by atoms with Gasteiger partial charge in [0.1, 0.15) is 0 Å². The van der Waals surface area contributed by atoms with Crippen molar-refractivity contribution in [3.63, 3.8) is 0 Å². The first-order valence-electron chi connectivity index (χ1n) is 10.9. The van der Waals surface area contributed by atoms with Crippen LogP contribution in [0.15, 0.2) is 65.3 Å². The topological polar surface area (TPSA) is 0 Å². The quantitative estimate of drug-likeness (QED) is 0.474. The fourth-order valence-electron chi connectivity index (χ4n) is 6.28. The molecule has 0 heteroatoms. The van der Waals surface area contributed by atoms with Crippen molar-refractivity contribution in [1.29, 1.82) is 0 Å². The molecule has 0 bridgehead atoms. The highest BCUT2D eigenvalue weighted by Gasteiger charge is 2.52. The third-order valence-electron chi connectivity index (χ3n) is 7.27. The third-order valence-corrected chi connectivity index (χ3v) is 7.27. The van der Waals surface area contributed by atoms with E-state index in [1.807, 2.05) is 0 Å². The summed E-state index contributed by atoms with van der Waals surface area (Å²) in [5, 5.41) is 0. The smallest absolute Gasteiger partial charge is 0.0155 e. The van der Waals surface area contributed by atoms with Crippen LogP contribution in [0.1, 0.15) is 71.6 Å². The van der Waals surface area contributed by atoms with Crippen LogP contribution in [0.2, 0.25) is 0 Å². The van der Waals surface area contributed by atoms with Crippen LogP contribution < -0.4 is 0 Å². The van der Waals surface area contributed by atoms with Gasteiger partial charge in [0.15, 0.2) is 0 Å². The molecule has 0 nitrogen and oxygen atoms in total. The predicted molar refractivity (Wildman–Crippen MR) is 123 cm³/mol. The van der Waals surface area contributed by atoms with Crippen molar-refractivity contribution in [3.8, 4) is 0 Å². The molecule has 0 N–H and O–H groups in total. The fraction of sp³-hybridized carbons (Fsp3) is 0.429. The van der Waals surface area contributed by atoms with Crippen molar-refractivity contribution in [3.05, 3.63) is 82.0 Å². The van der Waals surface area contributed by atoms with E-state index in [4.69, 9.17) is 0 Å². The first kappa shape index (κ1) is 19.2. The Hall–Kier alpha value is -2.08. The van der Waals surface area contributed by atoms with Gasteiger partial charge >= 0.3 is 0 Å². The molecule has 146 valence electrons. The molecule has 1 aromatic carbocycles. The Kier molecular flexibility index (Phi) is 4.45. The predicted octanol–water partition coefficient (Wildman–Crippen LogP) is 7.89.